The number of hydrogen-bond donors (Lipinski definition) is 4. The molecule has 0 unspecified atom stereocenters. The van der Waals surface area contributed by atoms with Gasteiger partial charge in [-0.25, -0.2) is 14.2 Å². The Balaban J connectivity index is 1.12. The van der Waals surface area contributed by atoms with Crippen molar-refractivity contribution in [3.05, 3.63) is 72.2 Å². The molecule has 1 aliphatic heterocycles. The van der Waals surface area contributed by atoms with Gasteiger partial charge in [0.2, 0.25) is 17.6 Å². The number of halogens is 1. The highest BCUT2D eigenvalue weighted by molar-refractivity contribution is 5.97. The second-order valence-corrected chi connectivity index (χ2v) is 14.5. The summed E-state index contributed by atoms with van der Waals surface area (Å²) in [6.07, 6.45) is 4.16. The molecule has 4 aromatic rings. The first-order valence-corrected chi connectivity index (χ1v) is 18.0. The number of carbonyl (C=O) groups is 3. The number of benzene rings is 2. The van der Waals surface area contributed by atoms with Gasteiger partial charge in [0.25, 0.3) is 0 Å². The zero-order valence-corrected chi connectivity index (χ0v) is 30.2. The number of alkyl carbamates (subject to hydrolysis) is 1. The zero-order chi connectivity index (χ0) is 37.4. The van der Waals surface area contributed by atoms with Gasteiger partial charge in [0.1, 0.15) is 11.6 Å². The molecule has 6 rings (SSSR count). The Kier molecular flexibility index (Phi) is 11.9. The molecule has 1 saturated carbocycles. The monoisotopic (exact) mass is 727 g/mol. The molecule has 14 nitrogen and oxygen atoms in total. The summed E-state index contributed by atoms with van der Waals surface area (Å²) in [6, 6.07) is 15.1. The fourth-order valence-corrected chi connectivity index (χ4v) is 6.59. The van der Waals surface area contributed by atoms with Crippen molar-refractivity contribution in [2.45, 2.75) is 64.5 Å². The maximum Gasteiger partial charge on any atom is 0.407 e. The predicted octanol–water partition coefficient (Wildman–Crippen LogP) is 4.90. The minimum absolute atomic E-state index is 0.192. The van der Waals surface area contributed by atoms with Gasteiger partial charge < -0.3 is 30.3 Å². The predicted molar refractivity (Wildman–Crippen MR) is 196 cm³/mol. The van der Waals surface area contributed by atoms with Crippen LogP contribution in [-0.4, -0.2) is 88.0 Å². The van der Waals surface area contributed by atoms with E-state index in [0.717, 1.165) is 24.0 Å². The summed E-state index contributed by atoms with van der Waals surface area (Å²) in [5, 5.41) is 22.8. The lowest BCUT2D eigenvalue weighted by Gasteiger charge is -2.29. The van der Waals surface area contributed by atoms with Crippen molar-refractivity contribution >= 4 is 29.4 Å². The summed E-state index contributed by atoms with van der Waals surface area (Å²) in [6.45, 7) is 8.11. The molecule has 1 saturated heterocycles. The number of amides is 3. The number of nitrogens with one attached hydrogen (secondary N) is 4. The highest BCUT2D eigenvalue weighted by Crippen LogP contribution is 2.31. The zero-order valence-electron chi connectivity index (χ0n) is 30.2. The normalized spacial score (nSPS) is 18.2. The lowest BCUT2D eigenvalue weighted by atomic mass is 9.81. The summed E-state index contributed by atoms with van der Waals surface area (Å²) < 4.78 is 26.4. The van der Waals surface area contributed by atoms with E-state index in [1.54, 1.807) is 36.5 Å². The Hall–Kier alpha value is -5.44. The fraction of sp³-hybridized carbons (Fsp3) is 0.447. The quantitative estimate of drug-likeness (QED) is 0.166. The molecule has 3 heterocycles. The third-order valence-electron chi connectivity index (χ3n) is 9.43. The number of H-pyrrole nitrogens is 1. The third-order valence-corrected chi connectivity index (χ3v) is 9.43. The summed E-state index contributed by atoms with van der Waals surface area (Å²) in [5.74, 6) is -0.275. The van der Waals surface area contributed by atoms with Crippen LogP contribution in [0.3, 0.4) is 0 Å². The molecule has 2 aromatic carbocycles. The molecule has 53 heavy (non-hydrogen) atoms. The lowest BCUT2D eigenvalue weighted by Crippen LogP contribution is -2.48. The number of aromatic nitrogens is 5. The molecule has 0 bridgehead atoms. The average molecular weight is 728 g/mol. The van der Waals surface area contributed by atoms with E-state index in [2.05, 4.69) is 41.6 Å². The van der Waals surface area contributed by atoms with Crippen molar-refractivity contribution < 1.29 is 28.2 Å². The maximum atomic E-state index is 15.7. The number of carbonyl (C=O) groups excluding carboxylic acids is 3. The maximum absolute atomic E-state index is 15.7. The average Bonchev–Trinajstić information content (AvgIpc) is 3.70. The van der Waals surface area contributed by atoms with Gasteiger partial charge >= 0.3 is 6.09 Å². The lowest BCUT2D eigenvalue weighted by molar-refractivity contribution is -0.130. The van der Waals surface area contributed by atoms with Gasteiger partial charge in [-0.1, -0.05) is 24.3 Å². The molecule has 0 spiro atoms. The molecule has 280 valence electrons. The van der Waals surface area contributed by atoms with Crippen LogP contribution < -0.4 is 20.9 Å². The van der Waals surface area contributed by atoms with E-state index >= 15 is 4.39 Å². The largest absolute Gasteiger partial charge is 0.444 e. The Morgan fingerprint density at radius 2 is 1.68 bits per heavy atom. The number of pyridine rings is 1. The first-order chi connectivity index (χ1) is 25.5. The number of morpholine rings is 1. The summed E-state index contributed by atoms with van der Waals surface area (Å²) in [5.41, 5.74) is 2.58. The third kappa shape index (κ3) is 10.1. The van der Waals surface area contributed by atoms with Crippen LogP contribution in [0, 0.1) is 17.7 Å². The first kappa shape index (κ1) is 37.3. The second kappa shape index (κ2) is 16.9. The van der Waals surface area contributed by atoms with Crippen molar-refractivity contribution in [2.75, 3.05) is 43.1 Å². The van der Waals surface area contributed by atoms with Crippen LogP contribution in [0.25, 0.3) is 22.5 Å². The number of rotatable bonds is 11. The van der Waals surface area contributed by atoms with E-state index in [9.17, 15) is 14.4 Å². The van der Waals surface area contributed by atoms with Crippen molar-refractivity contribution in [1.82, 2.24) is 36.2 Å². The molecule has 1 aliphatic carbocycles. The number of hydrogen-bond acceptors (Lipinski definition) is 10. The number of aromatic amines is 1. The van der Waals surface area contributed by atoms with E-state index in [-0.39, 0.29) is 30.1 Å². The van der Waals surface area contributed by atoms with Gasteiger partial charge in [0.15, 0.2) is 11.6 Å². The van der Waals surface area contributed by atoms with Gasteiger partial charge in [0.05, 0.1) is 13.2 Å². The van der Waals surface area contributed by atoms with Crippen LogP contribution >= 0.6 is 0 Å². The Labute approximate surface area is 307 Å². The molecule has 2 fully saturated rings. The molecular weight excluding hydrogens is 681 g/mol. The van der Waals surface area contributed by atoms with E-state index in [1.807, 2.05) is 49.9 Å². The SMILES string of the molecule is CC(C)(C)OC(=O)NC[C@H]1CC[C@H](C(=O)N[C@@H](Cc2ccc(-c3ccnc(N4CCOCC4)c3F)cc2)C(=O)Nc2ccc(-c3nn[nH]n3)cc2)CC1. The standard InChI is InChI=1S/C38H46FN9O5/c1-38(2,3)53-37(51)41-23-25-6-10-28(11-7-25)35(49)43-31(36(50)42-29-14-12-27(13-15-29)33-44-46-47-45-33)22-24-4-8-26(9-5-24)30-16-17-40-34(32(30)39)48-18-20-52-21-19-48/h4-5,8-9,12-17,25,28,31H,6-7,10-11,18-23H2,1-3H3,(H,41,51)(H,42,50)(H,43,49)(H,44,45,46,47)/t25-,28-,31-/m0/s1. The van der Waals surface area contributed by atoms with Crippen molar-refractivity contribution in [2.24, 2.45) is 11.8 Å². The van der Waals surface area contributed by atoms with Crippen molar-refractivity contribution in [1.29, 1.82) is 0 Å². The molecule has 2 aliphatic rings. The van der Waals surface area contributed by atoms with Gasteiger partial charge in [-0.15, -0.1) is 10.2 Å². The van der Waals surface area contributed by atoms with E-state index < -0.39 is 23.6 Å². The molecule has 1 atom stereocenters. The van der Waals surface area contributed by atoms with Crippen LogP contribution in [0.5, 0.6) is 0 Å². The second-order valence-electron chi connectivity index (χ2n) is 14.5. The molecule has 15 heteroatoms. The fourth-order valence-electron chi connectivity index (χ4n) is 6.59. The van der Waals surface area contributed by atoms with Crippen molar-refractivity contribution in [3.63, 3.8) is 0 Å². The molecule has 3 amide bonds. The number of ether oxygens (including phenoxy) is 2. The number of nitrogens with zero attached hydrogens (tertiary/aromatic N) is 5. The first-order valence-electron chi connectivity index (χ1n) is 18.0. The summed E-state index contributed by atoms with van der Waals surface area (Å²) >= 11 is 0. The highest BCUT2D eigenvalue weighted by atomic mass is 19.1. The molecule has 0 radical (unpaired) electrons. The molecule has 4 N–H and O–H groups in total. The highest BCUT2D eigenvalue weighted by Gasteiger charge is 2.30. The molecular formula is C38H46FN9O5. The molecule has 2 aromatic heterocycles. The smallest absolute Gasteiger partial charge is 0.407 e. The Morgan fingerprint density at radius 3 is 2.34 bits per heavy atom. The van der Waals surface area contributed by atoms with Gasteiger partial charge in [-0.05, 0) is 99.0 Å². The van der Waals surface area contributed by atoms with Crippen LogP contribution in [0.4, 0.5) is 20.7 Å². The number of anilines is 2. The van der Waals surface area contributed by atoms with Gasteiger partial charge in [-0.2, -0.15) is 5.21 Å². The topological polar surface area (TPSA) is 176 Å². The summed E-state index contributed by atoms with van der Waals surface area (Å²) in [7, 11) is 0. The van der Waals surface area contributed by atoms with Crippen LogP contribution in [0.1, 0.15) is 52.0 Å². The van der Waals surface area contributed by atoms with E-state index in [0.29, 0.717) is 74.1 Å². The summed E-state index contributed by atoms with van der Waals surface area (Å²) in [4.78, 5) is 45.7. The van der Waals surface area contributed by atoms with E-state index in [4.69, 9.17) is 9.47 Å². The number of tetrazole rings is 1. The Bertz CT molecular complexity index is 1840. The van der Waals surface area contributed by atoms with Gasteiger partial charge in [-0.3, -0.25) is 9.59 Å². The Morgan fingerprint density at radius 1 is 0.981 bits per heavy atom. The van der Waals surface area contributed by atoms with Crippen LogP contribution in [-0.2, 0) is 25.5 Å². The van der Waals surface area contributed by atoms with Gasteiger partial charge in [0, 0.05) is 55.0 Å². The minimum atomic E-state index is -0.887. The van der Waals surface area contributed by atoms with Crippen LogP contribution in [0.2, 0.25) is 0 Å². The van der Waals surface area contributed by atoms with Crippen molar-refractivity contribution in [3.8, 4) is 22.5 Å². The minimum Gasteiger partial charge on any atom is -0.444 e. The van der Waals surface area contributed by atoms with Crippen LogP contribution in [0.15, 0.2) is 60.8 Å². The van der Waals surface area contributed by atoms with E-state index in [1.165, 1.54) is 0 Å².